The number of benzene rings is 2. The predicted octanol–water partition coefficient (Wildman–Crippen LogP) is 2.84. The van der Waals surface area contributed by atoms with E-state index in [1.807, 2.05) is 38.2 Å². The molecule has 0 fully saturated rings. The van der Waals surface area contributed by atoms with E-state index in [2.05, 4.69) is 15.6 Å². The van der Waals surface area contributed by atoms with Gasteiger partial charge in [0.2, 0.25) is 0 Å². The molecule has 4 nitrogen and oxygen atoms in total. The van der Waals surface area contributed by atoms with Crippen molar-refractivity contribution < 1.29 is 4.39 Å². The molecular weight excluding hydrogens is 255 g/mol. The average Bonchev–Trinajstić information content (AvgIpc) is 2.90. The van der Waals surface area contributed by atoms with E-state index in [-0.39, 0.29) is 11.9 Å². The minimum atomic E-state index is -0.254. The second-order valence-corrected chi connectivity index (χ2v) is 4.70. The van der Waals surface area contributed by atoms with Crippen LogP contribution in [0.15, 0.2) is 42.5 Å². The second-order valence-electron chi connectivity index (χ2n) is 4.70. The number of fused-ring (bicyclic) bond motifs is 1. The van der Waals surface area contributed by atoms with Crippen LogP contribution in [0.3, 0.4) is 0 Å². The lowest BCUT2D eigenvalue weighted by atomic mass is 10.1. The lowest BCUT2D eigenvalue weighted by Crippen LogP contribution is -2.15. The van der Waals surface area contributed by atoms with E-state index in [0.717, 1.165) is 22.3 Å². The molecule has 0 aliphatic rings. The SMILES string of the molecule is CNC(C)c1cc(F)ccc1-n1nnc2ccccc21. The summed E-state index contributed by atoms with van der Waals surface area (Å²) in [5, 5.41) is 11.5. The van der Waals surface area contributed by atoms with E-state index >= 15 is 0 Å². The van der Waals surface area contributed by atoms with Gasteiger partial charge >= 0.3 is 0 Å². The first-order chi connectivity index (χ1) is 9.70. The van der Waals surface area contributed by atoms with Gasteiger partial charge in [-0.15, -0.1) is 5.10 Å². The highest BCUT2D eigenvalue weighted by molar-refractivity contribution is 5.76. The Hall–Kier alpha value is -2.27. The molecule has 0 saturated carbocycles. The Labute approximate surface area is 116 Å². The third-order valence-corrected chi connectivity index (χ3v) is 3.47. The Balaban J connectivity index is 2.23. The van der Waals surface area contributed by atoms with Gasteiger partial charge in [-0.25, -0.2) is 9.07 Å². The van der Waals surface area contributed by atoms with Gasteiger partial charge < -0.3 is 5.32 Å². The number of rotatable bonds is 3. The molecule has 2 aromatic carbocycles. The molecule has 102 valence electrons. The molecule has 0 saturated heterocycles. The molecule has 0 amide bonds. The molecular formula is C15H15FN4. The third-order valence-electron chi connectivity index (χ3n) is 3.47. The number of hydrogen-bond donors (Lipinski definition) is 1. The van der Waals surface area contributed by atoms with Gasteiger partial charge in [0.25, 0.3) is 0 Å². The standard InChI is InChI=1S/C15H15FN4/c1-10(17-2)12-9-11(16)7-8-14(12)20-15-6-4-3-5-13(15)18-19-20/h3-10,17H,1-2H3. The Morgan fingerprint density at radius 3 is 2.80 bits per heavy atom. The van der Waals surface area contributed by atoms with Gasteiger partial charge in [-0.1, -0.05) is 17.3 Å². The number of para-hydroxylation sites is 1. The largest absolute Gasteiger partial charge is 0.313 e. The van der Waals surface area contributed by atoms with E-state index in [4.69, 9.17) is 0 Å². The normalized spacial score (nSPS) is 12.8. The number of halogens is 1. The van der Waals surface area contributed by atoms with Crippen molar-refractivity contribution in [3.8, 4) is 5.69 Å². The van der Waals surface area contributed by atoms with Crippen molar-refractivity contribution in [1.82, 2.24) is 20.3 Å². The van der Waals surface area contributed by atoms with Crippen LogP contribution in [-0.4, -0.2) is 22.0 Å². The van der Waals surface area contributed by atoms with E-state index in [1.54, 1.807) is 10.7 Å². The van der Waals surface area contributed by atoms with Crippen LogP contribution in [-0.2, 0) is 0 Å². The van der Waals surface area contributed by atoms with Crippen molar-refractivity contribution >= 4 is 11.0 Å². The van der Waals surface area contributed by atoms with Crippen LogP contribution in [0.5, 0.6) is 0 Å². The molecule has 1 N–H and O–H groups in total. The summed E-state index contributed by atoms with van der Waals surface area (Å²) in [6.07, 6.45) is 0. The average molecular weight is 270 g/mol. The molecule has 3 aromatic rings. The van der Waals surface area contributed by atoms with Gasteiger partial charge in [0.05, 0.1) is 11.2 Å². The smallest absolute Gasteiger partial charge is 0.123 e. The molecule has 0 spiro atoms. The Bertz CT molecular complexity index is 750. The number of hydrogen-bond acceptors (Lipinski definition) is 3. The van der Waals surface area contributed by atoms with Crippen LogP contribution in [0, 0.1) is 5.82 Å². The lowest BCUT2D eigenvalue weighted by molar-refractivity contribution is 0.604. The summed E-state index contributed by atoms with van der Waals surface area (Å²) in [7, 11) is 1.85. The molecule has 0 radical (unpaired) electrons. The van der Waals surface area contributed by atoms with Crippen molar-refractivity contribution in [2.75, 3.05) is 7.05 Å². The summed E-state index contributed by atoms with van der Waals surface area (Å²) in [4.78, 5) is 0. The number of nitrogens with zero attached hydrogens (tertiary/aromatic N) is 3. The van der Waals surface area contributed by atoms with E-state index in [9.17, 15) is 4.39 Å². The van der Waals surface area contributed by atoms with Crippen molar-refractivity contribution in [3.63, 3.8) is 0 Å². The maximum Gasteiger partial charge on any atom is 0.123 e. The second kappa shape index (κ2) is 5.02. The van der Waals surface area contributed by atoms with E-state index < -0.39 is 0 Å². The highest BCUT2D eigenvalue weighted by Crippen LogP contribution is 2.24. The summed E-state index contributed by atoms with van der Waals surface area (Å²) in [5.41, 5.74) is 3.41. The van der Waals surface area contributed by atoms with Crippen LogP contribution in [0.25, 0.3) is 16.7 Å². The van der Waals surface area contributed by atoms with Crippen LogP contribution in [0.1, 0.15) is 18.5 Å². The fraction of sp³-hybridized carbons (Fsp3) is 0.200. The van der Waals surface area contributed by atoms with Crippen molar-refractivity contribution in [1.29, 1.82) is 0 Å². The monoisotopic (exact) mass is 270 g/mol. The molecule has 3 rings (SSSR count). The summed E-state index contributed by atoms with van der Waals surface area (Å²) in [6, 6.07) is 12.4. The maximum atomic E-state index is 13.5. The molecule has 0 aliphatic heterocycles. The van der Waals surface area contributed by atoms with Gasteiger partial charge in [-0.2, -0.15) is 0 Å². The molecule has 0 aliphatic carbocycles. The Kier molecular flexibility index (Phi) is 3.20. The third kappa shape index (κ3) is 2.06. The molecule has 5 heteroatoms. The van der Waals surface area contributed by atoms with Gasteiger partial charge in [0.15, 0.2) is 0 Å². The number of nitrogens with one attached hydrogen (secondary N) is 1. The summed E-state index contributed by atoms with van der Waals surface area (Å²) in [5.74, 6) is -0.254. The molecule has 0 bridgehead atoms. The van der Waals surface area contributed by atoms with Gasteiger partial charge in [-0.05, 0) is 49.9 Å². The topological polar surface area (TPSA) is 42.7 Å². The maximum absolute atomic E-state index is 13.5. The summed E-state index contributed by atoms with van der Waals surface area (Å²) >= 11 is 0. The van der Waals surface area contributed by atoms with Crippen LogP contribution < -0.4 is 5.32 Å². The minimum Gasteiger partial charge on any atom is -0.313 e. The molecule has 1 atom stereocenters. The summed E-state index contributed by atoms with van der Waals surface area (Å²) < 4.78 is 15.3. The van der Waals surface area contributed by atoms with Crippen molar-refractivity contribution in [3.05, 3.63) is 53.8 Å². The van der Waals surface area contributed by atoms with Gasteiger partial charge in [0, 0.05) is 6.04 Å². The Morgan fingerprint density at radius 2 is 2.00 bits per heavy atom. The molecule has 20 heavy (non-hydrogen) atoms. The van der Waals surface area contributed by atoms with Crippen LogP contribution >= 0.6 is 0 Å². The Morgan fingerprint density at radius 1 is 1.20 bits per heavy atom. The molecule has 1 heterocycles. The van der Waals surface area contributed by atoms with E-state index in [1.165, 1.54) is 12.1 Å². The lowest BCUT2D eigenvalue weighted by Gasteiger charge is -2.16. The zero-order valence-electron chi connectivity index (χ0n) is 11.3. The molecule has 1 aromatic heterocycles. The van der Waals surface area contributed by atoms with E-state index in [0.29, 0.717) is 0 Å². The van der Waals surface area contributed by atoms with Crippen LogP contribution in [0.2, 0.25) is 0 Å². The zero-order valence-corrected chi connectivity index (χ0v) is 11.3. The van der Waals surface area contributed by atoms with Crippen molar-refractivity contribution in [2.45, 2.75) is 13.0 Å². The van der Waals surface area contributed by atoms with Crippen LogP contribution in [0.4, 0.5) is 4.39 Å². The fourth-order valence-corrected chi connectivity index (χ4v) is 2.27. The highest BCUT2D eigenvalue weighted by atomic mass is 19.1. The first kappa shape index (κ1) is 12.7. The first-order valence-corrected chi connectivity index (χ1v) is 6.48. The first-order valence-electron chi connectivity index (χ1n) is 6.48. The van der Waals surface area contributed by atoms with Crippen molar-refractivity contribution in [2.24, 2.45) is 0 Å². The van der Waals surface area contributed by atoms with Gasteiger partial charge in [0.1, 0.15) is 11.3 Å². The van der Waals surface area contributed by atoms with Gasteiger partial charge in [-0.3, -0.25) is 0 Å². The quantitative estimate of drug-likeness (QED) is 0.795. The predicted molar refractivity (Wildman–Crippen MR) is 76.3 cm³/mol. The zero-order chi connectivity index (χ0) is 14.1. The number of aromatic nitrogens is 3. The minimum absolute atomic E-state index is 0.0173. The fourth-order valence-electron chi connectivity index (χ4n) is 2.27. The highest BCUT2D eigenvalue weighted by Gasteiger charge is 2.14. The summed E-state index contributed by atoms with van der Waals surface area (Å²) in [6.45, 7) is 1.98. The molecule has 1 unspecified atom stereocenters.